The van der Waals surface area contributed by atoms with E-state index in [0.717, 1.165) is 25.8 Å². The molecule has 4 N–H and O–H groups in total. The zero-order chi connectivity index (χ0) is 27.9. The molecule has 0 spiro atoms. The number of fused-ring (bicyclic) bond motifs is 2. The molecule has 4 unspecified atom stereocenters. The van der Waals surface area contributed by atoms with Gasteiger partial charge in [0, 0.05) is 36.2 Å². The molecule has 4 atom stereocenters. The highest BCUT2D eigenvalue weighted by Crippen LogP contribution is 2.33. The van der Waals surface area contributed by atoms with Crippen molar-refractivity contribution < 1.29 is 19.7 Å². The summed E-state index contributed by atoms with van der Waals surface area (Å²) in [6, 6.07) is 18.9. The number of hydrogen-bond acceptors (Lipinski definition) is 8. The Bertz CT molecular complexity index is 1700. The minimum absolute atomic E-state index is 0.116. The molecule has 0 radical (unpaired) electrons. The minimum Gasteiger partial charge on any atom is -0.387 e. The van der Waals surface area contributed by atoms with Gasteiger partial charge in [0.15, 0.2) is 29.3 Å². The monoisotopic (exact) mass is 553 g/mol. The van der Waals surface area contributed by atoms with E-state index < -0.39 is 30.4 Å². The number of aliphatic hydroxyl groups is 2. The molecule has 2 aliphatic rings. The van der Waals surface area contributed by atoms with Crippen molar-refractivity contribution in [3.63, 3.8) is 0 Å². The standard InChI is InChI=1S/C30H31N7O4/c38-24-25(39)30(41-26(24)29(40)35-20-10-11-20)37-17-34-23-27(32-16-33-28(23)37)31-13-12-19-15-36(14-18-6-2-1-3-7-18)22-9-5-4-8-21(19)22/h1-9,15-17,20,24-26,30,38-39H,10-14H2,(H,35,40)(H,31,32,33). The molecule has 1 aliphatic carbocycles. The van der Waals surface area contributed by atoms with Gasteiger partial charge in [-0.15, -0.1) is 0 Å². The molecule has 5 aromatic rings. The van der Waals surface area contributed by atoms with Gasteiger partial charge in [-0.1, -0.05) is 48.5 Å². The Morgan fingerprint density at radius 3 is 2.63 bits per heavy atom. The van der Waals surface area contributed by atoms with Crippen LogP contribution in [0.1, 0.15) is 30.2 Å². The van der Waals surface area contributed by atoms with Crippen molar-refractivity contribution in [3.05, 3.63) is 84.6 Å². The molecule has 11 heteroatoms. The summed E-state index contributed by atoms with van der Waals surface area (Å²) < 4.78 is 9.64. The summed E-state index contributed by atoms with van der Waals surface area (Å²) in [4.78, 5) is 25.8. The first-order chi connectivity index (χ1) is 20.1. The van der Waals surface area contributed by atoms with E-state index in [1.54, 1.807) is 0 Å². The van der Waals surface area contributed by atoms with Crippen LogP contribution in [0.3, 0.4) is 0 Å². The van der Waals surface area contributed by atoms with Crippen LogP contribution >= 0.6 is 0 Å². The number of hydrogen-bond donors (Lipinski definition) is 4. The number of nitrogens with one attached hydrogen (secondary N) is 2. The average Bonchev–Trinajstić information content (AvgIpc) is 3.48. The lowest BCUT2D eigenvalue weighted by Gasteiger charge is -2.16. The first-order valence-electron chi connectivity index (χ1n) is 13.9. The highest BCUT2D eigenvalue weighted by atomic mass is 16.6. The summed E-state index contributed by atoms with van der Waals surface area (Å²) in [5.41, 5.74) is 4.61. The molecule has 41 heavy (non-hydrogen) atoms. The lowest BCUT2D eigenvalue weighted by molar-refractivity contribution is -0.137. The van der Waals surface area contributed by atoms with Gasteiger partial charge in [-0.3, -0.25) is 9.36 Å². The lowest BCUT2D eigenvalue weighted by atomic mass is 10.1. The first kappa shape index (κ1) is 25.6. The summed E-state index contributed by atoms with van der Waals surface area (Å²) in [7, 11) is 0. The number of amides is 1. The van der Waals surface area contributed by atoms with E-state index in [0.29, 0.717) is 23.5 Å². The Labute approximate surface area is 235 Å². The van der Waals surface area contributed by atoms with Crippen molar-refractivity contribution in [2.24, 2.45) is 0 Å². The molecule has 2 aromatic carbocycles. The molecule has 1 amide bonds. The SMILES string of the molecule is O=C(NC1CC1)C1OC(n2cnc3c(NCCc4cn(Cc5ccccc5)c5ccccc45)ncnc32)C(O)C1O. The molecule has 210 valence electrons. The number of carbonyl (C=O) groups excluding carboxylic acids is 1. The predicted molar refractivity (Wildman–Crippen MR) is 152 cm³/mol. The van der Waals surface area contributed by atoms with Crippen molar-refractivity contribution in [1.82, 2.24) is 29.4 Å². The molecule has 1 saturated carbocycles. The fourth-order valence-corrected chi connectivity index (χ4v) is 5.53. The van der Waals surface area contributed by atoms with Gasteiger partial charge in [0.25, 0.3) is 5.91 Å². The number of imidazole rings is 1. The van der Waals surface area contributed by atoms with Crippen LogP contribution in [0.2, 0.25) is 0 Å². The van der Waals surface area contributed by atoms with Gasteiger partial charge in [-0.05, 0) is 36.5 Å². The molecular weight excluding hydrogens is 522 g/mol. The second-order valence-electron chi connectivity index (χ2n) is 10.7. The van der Waals surface area contributed by atoms with Crippen LogP contribution in [0.4, 0.5) is 5.82 Å². The van der Waals surface area contributed by atoms with Crippen molar-refractivity contribution in [2.75, 3.05) is 11.9 Å². The number of rotatable bonds is 9. The van der Waals surface area contributed by atoms with Crippen LogP contribution in [0.5, 0.6) is 0 Å². The quantitative estimate of drug-likeness (QED) is 0.218. The molecule has 1 aliphatic heterocycles. The van der Waals surface area contributed by atoms with Gasteiger partial charge in [-0.2, -0.15) is 0 Å². The third-order valence-corrected chi connectivity index (χ3v) is 7.81. The number of para-hydroxylation sites is 1. The van der Waals surface area contributed by atoms with Crippen LogP contribution < -0.4 is 10.6 Å². The fraction of sp³-hybridized carbons (Fsp3) is 0.333. The van der Waals surface area contributed by atoms with Crippen LogP contribution in [0, 0.1) is 0 Å². The maximum Gasteiger partial charge on any atom is 0.252 e. The molecule has 1 saturated heterocycles. The molecular formula is C30H31N7O4. The number of aromatic nitrogens is 5. The van der Waals surface area contributed by atoms with Crippen LogP contribution in [0.25, 0.3) is 22.1 Å². The summed E-state index contributed by atoms with van der Waals surface area (Å²) in [5, 5.41) is 28.7. The van der Waals surface area contributed by atoms with Crippen LogP contribution in [-0.4, -0.2) is 71.1 Å². The third-order valence-electron chi connectivity index (χ3n) is 7.81. The van der Waals surface area contributed by atoms with E-state index in [9.17, 15) is 15.0 Å². The number of aliphatic hydroxyl groups excluding tert-OH is 2. The van der Waals surface area contributed by atoms with Gasteiger partial charge < -0.3 is 30.2 Å². The average molecular weight is 554 g/mol. The molecule has 4 heterocycles. The van der Waals surface area contributed by atoms with Crippen molar-refractivity contribution in [3.8, 4) is 0 Å². The first-order valence-corrected chi connectivity index (χ1v) is 13.9. The Morgan fingerprint density at radius 1 is 1.00 bits per heavy atom. The number of ether oxygens (including phenoxy) is 1. The maximum atomic E-state index is 12.5. The van der Waals surface area contributed by atoms with Crippen molar-refractivity contribution in [1.29, 1.82) is 0 Å². The molecule has 7 rings (SSSR count). The van der Waals surface area contributed by atoms with Crippen LogP contribution in [0.15, 0.2) is 73.4 Å². The smallest absolute Gasteiger partial charge is 0.252 e. The molecule has 0 bridgehead atoms. The van der Waals surface area contributed by atoms with E-state index in [2.05, 4.69) is 84.9 Å². The van der Waals surface area contributed by atoms with Crippen LogP contribution in [-0.2, 0) is 22.5 Å². The van der Waals surface area contributed by atoms with E-state index in [-0.39, 0.29) is 6.04 Å². The Balaban J connectivity index is 1.07. The summed E-state index contributed by atoms with van der Waals surface area (Å²) in [6.45, 7) is 1.41. The zero-order valence-electron chi connectivity index (χ0n) is 22.3. The number of carbonyl (C=O) groups is 1. The maximum absolute atomic E-state index is 12.5. The van der Waals surface area contributed by atoms with E-state index in [1.165, 1.54) is 39.3 Å². The summed E-state index contributed by atoms with van der Waals surface area (Å²) in [5.74, 6) is 0.130. The highest BCUT2D eigenvalue weighted by molar-refractivity contribution is 5.85. The van der Waals surface area contributed by atoms with Crippen molar-refractivity contribution >= 4 is 33.8 Å². The summed E-state index contributed by atoms with van der Waals surface area (Å²) in [6.07, 6.45) is 2.85. The van der Waals surface area contributed by atoms with E-state index in [4.69, 9.17) is 4.74 Å². The van der Waals surface area contributed by atoms with Gasteiger partial charge >= 0.3 is 0 Å². The highest BCUT2D eigenvalue weighted by Gasteiger charge is 2.48. The number of anilines is 1. The Morgan fingerprint density at radius 2 is 1.80 bits per heavy atom. The van der Waals surface area contributed by atoms with Gasteiger partial charge in [-0.25, -0.2) is 15.0 Å². The van der Waals surface area contributed by atoms with Gasteiger partial charge in [0.05, 0.1) is 6.33 Å². The predicted octanol–water partition coefficient (Wildman–Crippen LogP) is 2.38. The number of benzene rings is 2. The minimum atomic E-state index is -1.36. The second-order valence-corrected chi connectivity index (χ2v) is 10.7. The molecule has 3 aromatic heterocycles. The molecule has 11 nitrogen and oxygen atoms in total. The summed E-state index contributed by atoms with van der Waals surface area (Å²) >= 11 is 0. The zero-order valence-corrected chi connectivity index (χ0v) is 22.3. The third kappa shape index (κ3) is 4.92. The van der Waals surface area contributed by atoms with Gasteiger partial charge in [0.1, 0.15) is 18.5 Å². The Kier molecular flexibility index (Phi) is 6.62. The molecule has 2 fully saturated rings. The number of nitrogens with zero attached hydrogens (tertiary/aromatic N) is 5. The van der Waals surface area contributed by atoms with E-state index in [1.807, 2.05) is 6.07 Å². The Hall–Kier alpha value is -4.32. The fourth-order valence-electron chi connectivity index (χ4n) is 5.53. The normalized spacial score (nSPS) is 22.4. The lowest BCUT2D eigenvalue weighted by Crippen LogP contribution is -2.43. The van der Waals surface area contributed by atoms with E-state index >= 15 is 0 Å². The second kappa shape index (κ2) is 10.6. The largest absolute Gasteiger partial charge is 0.387 e. The van der Waals surface area contributed by atoms with Crippen molar-refractivity contribution in [2.45, 2.75) is 56.4 Å². The topological polar surface area (TPSA) is 139 Å². The van der Waals surface area contributed by atoms with Gasteiger partial charge in [0.2, 0.25) is 0 Å².